The Balaban J connectivity index is 1.84. The molecule has 0 bridgehead atoms. The van der Waals surface area contributed by atoms with Gasteiger partial charge in [-0.05, 0) is 38.1 Å². The average molecular weight is 369 g/mol. The minimum Gasteiger partial charge on any atom is -0.478 e. The molecule has 0 unspecified atom stereocenters. The number of halogens is 1. The van der Waals surface area contributed by atoms with Gasteiger partial charge in [0.2, 0.25) is 0 Å². The van der Waals surface area contributed by atoms with Crippen LogP contribution in [0.4, 0.5) is 10.1 Å². The Kier molecular flexibility index (Phi) is 5.12. The molecule has 3 rings (SSSR count). The van der Waals surface area contributed by atoms with E-state index < -0.39 is 17.8 Å². The van der Waals surface area contributed by atoms with E-state index in [1.165, 1.54) is 29.8 Å². The van der Waals surface area contributed by atoms with E-state index in [9.17, 15) is 14.0 Å². The summed E-state index contributed by atoms with van der Waals surface area (Å²) in [5.74, 6) is -1.12. The molecule has 2 aromatic carbocycles. The number of amides is 1. The highest BCUT2D eigenvalue weighted by Crippen LogP contribution is 2.18. The number of carbonyl (C=O) groups excluding carboxylic acids is 1. The van der Waals surface area contributed by atoms with Crippen LogP contribution in [-0.2, 0) is 11.8 Å². The van der Waals surface area contributed by atoms with Crippen LogP contribution in [-0.4, -0.2) is 21.4 Å². The predicted molar refractivity (Wildman–Crippen MR) is 101 cm³/mol. The van der Waals surface area contributed by atoms with Crippen LogP contribution in [0.25, 0.3) is 5.69 Å². The van der Waals surface area contributed by atoms with Crippen LogP contribution in [0.3, 0.4) is 0 Å². The number of ether oxygens (including phenoxy) is 1. The molecule has 7 heteroatoms. The second-order valence-electron chi connectivity index (χ2n) is 6.12. The van der Waals surface area contributed by atoms with Gasteiger partial charge in [-0.3, -0.25) is 14.3 Å². The fraction of sp³-hybridized carbons (Fsp3) is 0.200. The second-order valence-corrected chi connectivity index (χ2v) is 6.12. The maximum Gasteiger partial charge on any atom is 0.295 e. The number of hydrogen-bond acceptors (Lipinski definition) is 3. The molecule has 1 heterocycles. The van der Waals surface area contributed by atoms with Crippen LogP contribution >= 0.6 is 0 Å². The van der Waals surface area contributed by atoms with Crippen LogP contribution in [0, 0.1) is 12.7 Å². The molecular weight excluding hydrogens is 349 g/mol. The molecule has 27 heavy (non-hydrogen) atoms. The summed E-state index contributed by atoms with van der Waals surface area (Å²) in [6.07, 6.45) is -0.980. The second kappa shape index (κ2) is 7.49. The topological polar surface area (TPSA) is 65.3 Å². The zero-order chi connectivity index (χ0) is 19.6. The summed E-state index contributed by atoms with van der Waals surface area (Å²) in [5, 5.41) is 2.61. The monoisotopic (exact) mass is 369 g/mol. The number of rotatable bonds is 5. The zero-order valence-electron chi connectivity index (χ0n) is 15.3. The van der Waals surface area contributed by atoms with Crippen LogP contribution in [0.1, 0.15) is 12.6 Å². The van der Waals surface area contributed by atoms with Crippen molar-refractivity contribution in [3.63, 3.8) is 0 Å². The van der Waals surface area contributed by atoms with E-state index in [4.69, 9.17) is 4.74 Å². The van der Waals surface area contributed by atoms with Gasteiger partial charge in [0.05, 0.1) is 11.4 Å². The molecular formula is C20H20FN3O3. The van der Waals surface area contributed by atoms with Crippen molar-refractivity contribution in [2.75, 3.05) is 5.32 Å². The molecule has 6 nitrogen and oxygen atoms in total. The van der Waals surface area contributed by atoms with Gasteiger partial charge in [-0.1, -0.05) is 30.3 Å². The zero-order valence-corrected chi connectivity index (χ0v) is 15.3. The van der Waals surface area contributed by atoms with Gasteiger partial charge in [-0.15, -0.1) is 0 Å². The molecule has 1 amide bonds. The number of anilines is 1. The van der Waals surface area contributed by atoms with Crippen molar-refractivity contribution < 1.29 is 13.9 Å². The smallest absolute Gasteiger partial charge is 0.295 e. The Bertz CT molecular complexity index is 1020. The first-order valence-electron chi connectivity index (χ1n) is 8.46. The fourth-order valence-electron chi connectivity index (χ4n) is 2.72. The maximum atomic E-state index is 13.7. The molecule has 1 N–H and O–H groups in total. The molecule has 140 valence electrons. The van der Waals surface area contributed by atoms with Crippen molar-refractivity contribution in [1.82, 2.24) is 9.36 Å². The Hall–Kier alpha value is -3.35. The molecule has 1 atom stereocenters. The first-order chi connectivity index (χ1) is 12.9. The van der Waals surface area contributed by atoms with Gasteiger partial charge in [0.15, 0.2) is 17.7 Å². The first-order valence-corrected chi connectivity index (χ1v) is 8.46. The number of para-hydroxylation sites is 2. The highest BCUT2D eigenvalue weighted by molar-refractivity contribution is 5.94. The lowest BCUT2D eigenvalue weighted by molar-refractivity contribution is -0.122. The Morgan fingerprint density at radius 3 is 2.41 bits per heavy atom. The van der Waals surface area contributed by atoms with Crippen LogP contribution in [0.15, 0.2) is 59.4 Å². The molecule has 0 fully saturated rings. The van der Waals surface area contributed by atoms with Crippen LogP contribution in [0.5, 0.6) is 5.75 Å². The lowest BCUT2D eigenvalue weighted by atomic mass is 10.3. The summed E-state index contributed by atoms with van der Waals surface area (Å²) >= 11 is 0. The van der Waals surface area contributed by atoms with Gasteiger partial charge in [0.25, 0.3) is 11.5 Å². The number of aromatic nitrogens is 2. The van der Waals surface area contributed by atoms with Gasteiger partial charge in [-0.2, -0.15) is 0 Å². The van der Waals surface area contributed by atoms with Crippen molar-refractivity contribution in [2.24, 2.45) is 7.05 Å². The van der Waals surface area contributed by atoms with E-state index in [0.717, 1.165) is 0 Å². The number of carbonyl (C=O) groups is 1. The summed E-state index contributed by atoms with van der Waals surface area (Å²) in [4.78, 5) is 25.3. The molecule has 3 aromatic rings. The maximum absolute atomic E-state index is 13.7. The summed E-state index contributed by atoms with van der Waals surface area (Å²) < 4.78 is 22.2. The molecule has 0 spiro atoms. The number of benzene rings is 2. The van der Waals surface area contributed by atoms with Gasteiger partial charge < -0.3 is 10.1 Å². The quantitative estimate of drug-likeness (QED) is 0.752. The lowest BCUT2D eigenvalue weighted by Crippen LogP contribution is -2.32. The van der Waals surface area contributed by atoms with E-state index in [1.807, 2.05) is 18.2 Å². The van der Waals surface area contributed by atoms with E-state index in [2.05, 4.69) is 5.32 Å². The summed E-state index contributed by atoms with van der Waals surface area (Å²) in [7, 11) is 1.73. The van der Waals surface area contributed by atoms with Crippen molar-refractivity contribution in [2.45, 2.75) is 20.0 Å². The number of nitrogens with one attached hydrogen (secondary N) is 1. The van der Waals surface area contributed by atoms with Crippen molar-refractivity contribution in [3.05, 3.63) is 76.5 Å². The van der Waals surface area contributed by atoms with Crippen LogP contribution in [0.2, 0.25) is 0 Å². The molecule has 0 radical (unpaired) electrons. The number of hydrogen-bond donors (Lipinski definition) is 1. The largest absolute Gasteiger partial charge is 0.478 e. The van der Waals surface area contributed by atoms with E-state index >= 15 is 0 Å². The van der Waals surface area contributed by atoms with E-state index in [0.29, 0.717) is 11.4 Å². The lowest BCUT2D eigenvalue weighted by Gasteiger charge is -2.14. The molecule has 0 aliphatic rings. The third kappa shape index (κ3) is 3.62. The number of nitrogens with zero attached hydrogens (tertiary/aromatic N) is 2. The Morgan fingerprint density at radius 2 is 1.74 bits per heavy atom. The van der Waals surface area contributed by atoms with Crippen molar-refractivity contribution >= 4 is 11.6 Å². The summed E-state index contributed by atoms with van der Waals surface area (Å²) in [5.41, 5.74) is 1.09. The van der Waals surface area contributed by atoms with Crippen molar-refractivity contribution in [3.8, 4) is 11.4 Å². The third-order valence-electron chi connectivity index (χ3n) is 4.31. The van der Waals surface area contributed by atoms with Gasteiger partial charge in [-0.25, -0.2) is 9.07 Å². The molecule has 1 aromatic heterocycles. The highest BCUT2D eigenvalue weighted by atomic mass is 19.1. The Labute approximate surface area is 155 Å². The van der Waals surface area contributed by atoms with E-state index in [-0.39, 0.29) is 17.0 Å². The first kappa shape index (κ1) is 18.4. The average Bonchev–Trinajstić information content (AvgIpc) is 2.87. The highest BCUT2D eigenvalue weighted by Gasteiger charge is 2.22. The summed E-state index contributed by atoms with van der Waals surface area (Å²) in [6.45, 7) is 3.23. The van der Waals surface area contributed by atoms with Gasteiger partial charge in [0, 0.05) is 7.05 Å². The Morgan fingerprint density at radius 1 is 1.11 bits per heavy atom. The predicted octanol–water partition coefficient (Wildman–Crippen LogP) is 3.03. The molecule has 0 saturated heterocycles. The molecule has 0 saturated carbocycles. The van der Waals surface area contributed by atoms with E-state index in [1.54, 1.807) is 36.9 Å². The van der Waals surface area contributed by atoms with Gasteiger partial charge in [0.1, 0.15) is 5.69 Å². The third-order valence-corrected chi connectivity index (χ3v) is 4.31. The van der Waals surface area contributed by atoms with Crippen LogP contribution < -0.4 is 15.6 Å². The van der Waals surface area contributed by atoms with Crippen molar-refractivity contribution in [1.29, 1.82) is 0 Å². The minimum absolute atomic E-state index is 0.0216. The fourth-order valence-corrected chi connectivity index (χ4v) is 2.72. The normalized spacial score (nSPS) is 11.9. The SMILES string of the molecule is Cc1c(NC(=O)[C@@H](C)Oc2ccccc2F)c(=O)n(-c2ccccc2)n1C. The molecule has 0 aliphatic heterocycles. The standard InChI is InChI=1S/C20H20FN3O3/c1-13-18(20(26)24(23(13)3)15-9-5-4-6-10-15)22-19(25)14(2)27-17-12-8-7-11-16(17)21/h4-12,14H,1-3H3,(H,22,25)/t14-/m1/s1. The van der Waals surface area contributed by atoms with Gasteiger partial charge >= 0.3 is 0 Å². The summed E-state index contributed by atoms with van der Waals surface area (Å²) in [6, 6.07) is 14.9. The molecule has 0 aliphatic carbocycles. The minimum atomic E-state index is -0.980.